The molecule has 0 amide bonds. The number of halogens is 2. The Bertz CT molecular complexity index is 611. The van der Waals surface area contributed by atoms with Crippen LogP contribution in [0.2, 0.25) is 0 Å². The lowest BCUT2D eigenvalue weighted by atomic mass is 10.2. The molecule has 0 unspecified atom stereocenters. The van der Waals surface area contributed by atoms with E-state index in [-0.39, 0.29) is 11.4 Å². The third-order valence-electron chi connectivity index (χ3n) is 2.52. The summed E-state index contributed by atoms with van der Waals surface area (Å²) in [6, 6.07) is 5.38. The molecule has 4 nitrogen and oxygen atoms in total. The molecular formula is C12H10BrFN2O2S. The smallest absolute Gasteiger partial charge is 0.271 e. The average Bonchev–Trinajstić information content (AvgIpc) is 2.67. The van der Waals surface area contributed by atoms with Gasteiger partial charge < -0.3 is 5.32 Å². The highest BCUT2D eigenvalue weighted by molar-refractivity contribution is 9.10. The second kappa shape index (κ2) is 5.66. The summed E-state index contributed by atoms with van der Waals surface area (Å²) in [4.78, 5) is 12.3. The fraction of sp³-hybridized carbons (Fsp3) is 0.167. The molecule has 0 saturated heterocycles. The first kappa shape index (κ1) is 14.0. The number of nitrogens with zero attached hydrogens (tertiary/aromatic N) is 1. The van der Waals surface area contributed by atoms with Gasteiger partial charge in [-0.15, -0.1) is 11.3 Å². The van der Waals surface area contributed by atoms with Gasteiger partial charge in [-0.1, -0.05) is 0 Å². The van der Waals surface area contributed by atoms with Crippen LogP contribution in [0.15, 0.2) is 28.7 Å². The zero-order chi connectivity index (χ0) is 14.0. The monoisotopic (exact) mass is 344 g/mol. The molecule has 0 bridgehead atoms. The number of benzene rings is 1. The fourth-order valence-electron chi connectivity index (χ4n) is 1.55. The predicted molar refractivity (Wildman–Crippen MR) is 77.1 cm³/mol. The molecule has 1 aromatic carbocycles. The van der Waals surface area contributed by atoms with E-state index < -0.39 is 10.7 Å². The molecule has 0 aliphatic heterocycles. The van der Waals surface area contributed by atoms with E-state index in [1.807, 2.05) is 13.0 Å². The Morgan fingerprint density at radius 1 is 1.47 bits per heavy atom. The summed E-state index contributed by atoms with van der Waals surface area (Å²) in [6.07, 6.45) is 0. The zero-order valence-electron chi connectivity index (χ0n) is 9.94. The van der Waals surface area contributed by atoms with Crippen LogP contribution in [0, 0.1) is 22.9 Å². The molecule has 0 radical (unpaired) electrons. The molecule has 19 heavy (non-hydrogen) atoms. The number of aryl methyl sites for hydroxylation is 1. The molecule has 0 saturated carbocycles. The number of hydrogen-bond acceptors (Lipinski definition) is 4. The highest BCUT2D eigenvalue weighted by Crippen LogP contribution is 2.28. The van der Waals surface area contributed by atoms with E-state index in [0.717, 1.165) is 26.4 Å². The van der Waals surface area contributed by atoms with Gasteiger partial charge in [-0.05, 0) is 35.0 Å². The van der Waals surface area contributed by atoms with E-state index in [1.165, 1.54) is 6.07 Å². The Morgan fingerprint density at radius 2 is 2.21 bits per heavy atom. The fourth-order valence-corrected chi connectivity index (χ4v) is 3.09. The van der Waals surface area contributed by atoms with Crippen molar-refractivity contribution in [1.82, 2.24) is 0 Å². The summed E-state index contributed by atoms with van der Waals surface area (Å²) >= 11 is 4.99. The van der Waals surface area contributed by atoms with Gasteiger partial charge in [0.15, 0.2) is 0 Å². The van der Waals surface area contributed by atoms with E-state index in [0.29, 0.717) is 6.54 Å². The minimum absolute atomic E-state index is 0.132. The van der Waals surface area contributed by atoms with Crippen LogP contribution in [0.5, 0.6) is 0 Å². The lowest BCUT2D eigenvalue weighted by Crippen LogP contribution is -2.01. The largest absolute Gasteiger partial charge is 0.378 e. The molecule has 0 aliphatic carbocycles. The first-order valence-electron chi connectivity index (χ1n) is 5.40. The van der Waals surface area contributed by atoms with Crippen LogP contribution in [0.25, 0.3) is 0 Å². The van der Waals surface area contributed by atoms with Crippen molar-refractivity contribution in [3.8, 4) is 0 Å². The Balaban J connectivity index is 2.14. The molecule has 7 heteroatoms. The summed E-state index contributed by atoms with van der Waals surface area (Å²) in [6.45, 7) is 2.40. The topological polar surface area (TPSA) is 55.2 Å². The van der Waals surface area contributed by atoms with Crippen LogP contribution in [0.4, 0.5) is 15.8 Å². The van der Waals surface area contributed by atoms with Crippen LogP contribution in [0.1, 0.15) is 9.75 Å². The molecule has 2 aromatic rings. The molecule has 1 aromatic heterocycles. The Labute approximate surface area is 121 Å². The molecule has 2 rings (SSSR count). The highest BCUT2D eigenvalue weighted by Gasteiger charge is 2.11. The van der Waals surface area contributed by atoms with Gasteiger partial charge in [0.1, 0.15) is 5.82 Å². The Hall–Kier alpha value is -1.47. The Morgan fingerprint density at radius 3 is 2.79 bits per heavy atom. The number of rotatable bonds is 4. The van der Waals surface area contributed by atoms with Gasteiger partial charge in [0.25, 0.3) is 5.69 Å². The minimum atomic E-state index is -0.545. The van der Waals surface area contributed by atoms with Gasteiger partial charge in [0, 0.05) is 32.9 Å². The van der Waals surface area contributed by atoms with Gasteiger partial charge in [-0.25, -0.2) is 4.39 Å². The second-order valence-electron chi connectivity index (χ2n) is 3.89. The minimum Gasteiger partial charge on any atom is -0.378 e. The third-order valence-corrected chi connectivity index (χ3v) is 4.66. The lowest BCUT2D eigenvalue weighted by molar-refractivity contribution is -0.384. The molecular weight excluding hydrogens is 335 g/mol. The standard InChI is InChI=1S/C12H10BrFN2O2S/c1-7-10(13)5-9(19-7)6-15-12-4-8(16(17)18)2-3-11(12)14/h2-5,15H,6H2,1H3. The molecule has 1 heterocycles. The number of nitro groups is 1. The lowest BCUT2D eigenvalue weighted by Gasteiger charge is -2.05. The summed E-state index contributed by atoms with van der Waals surface area (Å²) < 4.78 is 14.5. The summed E-state index contributed by atoms with van der Waals surface area (Å²) in [5.41, 5.74) is 0.00353. The van der Waals surface area contributed by atoms with Crippen LogP contribution < -0.4 is 5.32 Å². The van der Waals surface area contributed by atoms with E-state index in [4.69, 9.17) is 0 Å². The maximum Gasteiger partial charge on any atom is 0.271 e. The van der Waals surface area contributed by atoms with Gasteiger partial charge >= 0.3 is 0 Å². The number of non-ortho nitro benzene ring substituents is 1. The quantitative estimate of drug-likeness (QED) is 0.657. The number of hydrogen-bond donors (Lipinski definition) is 1. The zero-order valence-corrected chi connectivity index (χ0v) is 12.3. The van der Waals surface area contributed by atoms with Crippen LogP contribution in [0.3, 0.4) is 0 Å². The van der Waals surface area contributed by atoms with Crippen molar-refractivity contribution in [1.29, 1.82) is 0 Å². The van der Waals surface area contributed by atoms with Gasteiger partial charge in [0.2, 0.25) is 0 Å². The molecule has 0 fully saturated rings. The first-order valence-corrected chi connectivity index (χ1v) is 7.01. The first-order chi connectivity index (χ1) is 8.97. The molecule has 1 N–H and O–H groups in total. The maximum atomic E-state index is 13.5. The predicted octanol–water partition coefficient (Wildman–Crippen LogP) is 4.48. The summed E-state index contributed by atoms with van der Waals surface area (Å²) in [5, 5.41) is 13.5. The van der Waals surface area contributed by atoms with Crippen LogP contribution in [-0.4, -0.2) is 4.92 Å². The Kier molecular flexibility index (Phi) is 4.16. The van der Waals surface area contributed by atoms with Gasteiger partial charge in [-0.2, -0.15) is 0 Å². The van der Waals surface area contributed by atoms with E-state index in [2.05, 4.69) is 21.2 Å². The summed E-state index contributed by atoms with van der Waals surface area (Å²) in [5.74, 6) is -0.502. The normalized spacial score (nSPS) is 10.5. The van der Waals surface area contributed by atoms with Gasteiger partial charge in [0.05, 0.1) is 10.6 Å². The molecule has 100 valence electrons. The van der Waals surface area contributed by atoms with Crippen LogP contribution in [-0.2, 0) is 6.54 Å². The number of nitro benzene ring substituents is 1. The van der Waals surface area contributed by atoms with Crippen molar-refractivity contribution in [2.45, 2.75) is 13.5 Å². The van der Waals surface area contributed by atoms with E-state index in [9.17, 15) is 14.5 Å². The number of anilines is 1. The number of nitrogens with one attached hydrogen (secondary N) is 1. The van der Waals surface area contributed by atoms with Crippen LogP contribution >= 0.6 is 27.3 Å². The van der Waals surface area contributed by atoms with Crippen molar-refractivity contribution < 1.29 is 9.31 Å². The van der Waals surface area contributed by atoms with Gasteiger partial charge in [-0.3, -0.25) is 10.1 Å². The average molecular weight is 345 g/mol. The van der Waals surface area contributed by atoms with E-state index in [1.54, 1.807) is 11.3 Å². The van der Waals surface area contributed by atoms with Crippen molar-refractivity contribution in [3.63, 3.8) is 0 Å². The highest BCUT2D eigenvalue weighted by atomic mass is 79.9. The van der Waals surface area contributed by atoms with Crippen molar-refractivity contribution in [3.05, 3.63) is 54.4 Å². The van der Waals surface area contributed by atoms with Crippen molar-refractivity contribution >= 4 is 38.6 Å². The third kappa shape index (κ3) is 3.30. The van der Waals surface area contributed by atoms with Crippen molar-refractivity contribution in [2.24, 2.45) is 0 Å². The molecule has 0 atom stereocenters. The van der Waals surface area contributed by atoms with Crippen molar-refractivity contribution in [2.75, 3.05) is 5.32 Å². The molecule has 0 spiro atoms. The molecule has 0 aliphatic rings. The summed E-state index contributed by atoms with van der Waals surface area (Å²) in [7, 11) is 0. The van der Waals surface area contributed by atoms with E-state index >= 15 is 0 Å². The second-order valence-corrected chi connectivity index (χ2v) is 6.09. The number of thiophene rings is 1. The maximum absolute atomic E-state index is 13.5. The SMILES string of the molecule is Cc1sc(CNc2cc([N+](=O)[O-])ccc2F)cc1Br.